The SMILES string of the molecule is CC(c1ccc(Cl)c(Cl)c1)c1c(C(=O)O)sc(N2CCOCC2)c1C#N. The van der Waals surface area contributed by atoms with Crippen molar-refractivity contribution in [2.45, 2.75) is 12.8 Å². The molecular weight excluding hydrogens is 395 g/mol. The predicted octanol–water partition coefficient (Wildman–Crippen LogP) is 4.61. The molecule has 1 aliphatic heterocycles. The molecule has 1 aliphatic rings. The Bertz CT molecular complexity index is 885. The van der Waals surface area contributed by atoms with Crippen molar-refractivity contribution in [2.75, 3.05) is 31.2 Å². The fraction of sp³-hybridized carbons (Fsp3) is 0.333. The van der Waals surface area contributed by atoms with Gasteiger partial charge >= 0.3 is 5.97 Å². The average Bonchev–Trinajstić information content (AvgIpc) is 3.04. The number of ether oxygens (including phenoxy) is 1. The molecule has 2 heterocycles. The third-order valence-electron chi connectivity index (χ3n) is 4.41. The first-order valence-electron chi connectivity index (χ1n) is 8.01. The van der Waals surface area contributed by atoms with Gasteiger partial charge in [0, 0.05) is 24.6 Å². The number of anilines is 1. The fourth-order valence-corrected chi connectivity index (χ4v) is 4.59. The maximum absolute atomic E-state index is 11.9. The summed E-state index contributed by atoms with van der Waals surface area (Å²) < 4.78 is 5.36. The number of hydrogen-bond acceptors (Lipinski definition) is 5. The molecule has 1 atom stereocenters. The Morgan fingerprint density at radius 3 is 2.62 bits per heavy atom. The lowest BCUT2D eigenvalue weighted by Crippen LogP contribution is -2.36. The van der Waals surface area contributed by atoms with Crippen molar-refractivity contribution in [2.24, 2.45) is 0 Å². The Balaban J connectivity index is 2.12. The Kier molecular flexibility index (Phi) is 5.73. The van der Waals surface area contributed by atoms with Gasteiger partial charge in [0.2, 0.25) is 0 Å². The average molecular weight is 411 g/mol. The molecule has 1 aromatic carbocycles. The minimum Gasteiger partial charge on any atom is -0.477 e. The second kappa shape index (κ2) is 7.85. The van der Waals surface area contributed by atoms with E-state index in [4.69, 9.17) is 27.9 Å². The highest BCUT2D eigenvalue weighted by molar-refractivity contribution is 7.18. The van der Waals surface area contributed by atoms with Crippen molar-refractivity contribution in [3.05, 3.63) is 49.8 Å². The summed E-state index contributed by atoms with van der Waals surface area (Å²) >= 11 is 13.2. The van der Waals surface area contributed by atoms with E-state index in [-0.39, 0.29) is 10.8 Å². The van der Waals surface area contributed by atoms with Gasteiger partial charge in [-0.2, -0.15) is 5.26 Å². The van der Waals surface area contributed by atoms with E-state index in [1.807, 2.05) is 11.8 Å². The topological polar surface area (TPSA) is 73.6 Å². The first-order chi connectivity index (χ1) is 12.4. The molecule has 0 aliphatic carbocycles. The van der Waals surface area contributed by atoms with Gasteiger partial charge in [0.15, 0.2) is 0 Å². The molecule has 2 aromatic rings. The predicted molar refractivity (Wildman–Crippen MR) is 103 cm³/mol. The highest BCUT2D eigenvalue weighted by atomic mass is 35.5. The zero-order valence-corrected chi connectivity index (χ0v) is 16.3. The van der Waals surface area contributed by atoms with Crippen molar-refractivity contribution in [3.8, 4) is 6.07 Å². The van der Waals surface area contributed by atoms with Gasteiger partial charge < -0.3 is 14.7 Å². The molecule has 0 saturated carbocycles. The van der Waals surface area contributed by atoms with E-state index in [0.717, 1.165) is 16.9 Å². The van der Waals surface area contributed by atoms with E-state index in [2.05, 4.69) is 6.07 Å². The zero-order valence-electron chi connectivity index (χ0n) is 14.0. The molecule has 8 heteroatoms. The summed E-state index contributed by atoms with van der Waals surface area (Å²) in [7, 11) is 0. The van der Waals surface area contributed by atoms with Gasteiger partial charge in [-0.15, -0.1) is 11.3 Å². The van der Waals surface area contributed by atoms with Crippen LogP contribution in [0.5, 0.6) is 0 Å². The third-order valence-corrected chi connectivity index (χ3v) is 6.40. The number of halogens is 2. The smallest absolute Gasteiger partial charge is 0.346 e. The van der Waals surface area contributed by atoms with Crippen LogP contribution in [0.15, 0.2) is 18.2 Å². The molecular formula is C18H16Cl2N2O3S. The normalized spacial score (nSPS) is 15.5. The van der Waals surface area contributed by atoms with Crippen LogP contribution in [0.2, 0.25) is 10.0 Å². The molecule has 0 bridgehead atoms. The molecule has 26 heavy (non-hydrogen) atoms. The molecule has 0 spiro atoms. The first-order valence-corrected chi connectivity index (χ1v) is 9.59. The highest BCUT2D eigenvalue weighted by Crippen LogP contribution is 2.42. The fourth-order valence-electron chi connectivity index (χ4n) is 3.05. The molecule has 3 rings (SSSR count). The van der Waals surface area contributed by atoms with Gasteiger partial charge in [-0.3, -0.25) is 0 Å². The summed E-state index contributed by atoms with van der Waals surface area (Å²) in [6.45, 7) is 4.26. The van der Waals surface area contributed by atoms with Gasteiger partial charge in [0.1, 0.15) is 15.9 Å². The highest BCUT2D eigenvalue weighted by Gasteiger charge is 2.30. The van der Waals surface area contributed by atoms with Crippen LogP contribution in [0, 0.1) is 11.3 Å². The van der Waals surface area contributed by atoms with E-state index in [9.17, 15) is 15.2 Å². The monoisotopic (exact) mass is 410 g/mol. The number of carbonyl (C=O) groups is 1. The standard InChI is InChI=1S/C18H16Cl2N2O3S/c1-10(11-2-3-13(19)14(20)8-11)15-12(9-21)17(26-16(15)18(23)24)22-4-6-25-7-5-22/h2-3,8,10H,4-7H2,1H3,(H,23,24). The Morgan fingerprint density at radius 2 is 2.04 bits per heavy atom. The summed E-state index contributed by atoms with van der Waals surface area (Å²) in [5, 5.41) is 21.0. The minimum atomic E-state index is -1.03. The summed E-state index contributed by atoms with van der Waals surface area (Å²) in [6.07, 6.45) is 0. The third kappa shape index (κ3) is 3.53. The number of thiophene rings is 1. The quantitative estimate of drug-likeness (QED) is 0.795. The molecule has 1 fully saturated rings. The van der Waals surface area contributed by atoms with Gasteiger partial charge in [-0.05, 0) is 17.7 Å². The number of morpholine rings is 1. The summed E-state index contributed by atoms with van der Waals surface area (Å²) in [6, 6.07) is 7.42. The summed E-state index contributed by atoms with van der Waals surface area (Å²) in [5.74, 6) is -1.34. The molecule has 1 aromatic heterocycles. The van der Waals surface area contributed by atoms with E-state index in [1.54, 1.807) is 18.2 Å². The second-order valence-electron chi connectivity index (χ2n) is 5.94. The van der Waals surface area contributed by atoms with Crippen LogP contribution in [-0.4, -0.2) is 37.4 Å². The number of aromatic carboxylic acids is 1. The number of nitrogens with zero attached hydrogens (tertiary/aromatic N) is 2. The van der Waals surface area contributed by atoms with Gasteiger partial charge in [-0.25, -0.2) is 4.79 Å². The molecule has 5 nitrogen and oxygen atoms in total. The number of carboxylic acids is 1. The first kappa shape index (κ1) is 19.0. The van der Waals surface area contributed by atoms with Crippen LogP contribution >= 0.6 is 34.5 Å². The van der Waals surface area contributed by atoms with Gasteiger partial charge in [0.25, 0.3) is 0 Å². The summed E-state index contributed by atoms with van der Waals surface area (Å²) in [5.41, 5.74) is 1.74. The molecule has 1 N–H and O–H groups in total. The van der Waals surface area contributed by atoms with Crippen molar-refractivity contribution in [3.63, 3.8) is 0 Å². The number of rotatable bonds is 4. The number of carboxylic acid groups (broad SMARTS) is 1. The molecule has 0 radical (unpaired) electrons. The van der Waals surface area contributed by atoms with Crippen molar-refractivity contribution >= 4 is 45.5 Å². The minimum absolute atomic E-state index is 0.182. The van der Waals surface area contributed by atoms with Crippen LogP contribution in [-0.2, 0) is 4.74 Å². The molecule has 136 valence electrons. The lowest BCUT2D eigenvalue weighted by Gasteiger charge is -2.27. The lowest BCUT2D eigenvalue weighted by atomic mass is 9.90. The zero-order chi connectivity index (χ0) is 18.8. The second-order valence-corrected chi connectivity index (χ2v) is 7.75. The Labute approximate surface area is 165 Å². The van der Waals surface area contributed by atoms with E-state index in [1.165, 1.54) is 0 Å². The van der Waals surface area contributed by atoms with Crippen molar-refractivity contribution < 1.29 is 14.6 Å². The van der Waals surface area contributed by atoms with E-state index < -0.39 is 5.97 Å². The van der Waals surface area contributed by atoms with Crippen LogP contribution in [0.3, 0.4) is 0 Å². The van der Waals surface area contributed by atoms with Crippen LogP contribution < -0.4 is 4.90 Å². The van der Waals surface area contributed by atoms with Crippen molar-refractivity contribution in [1.82, 2.24) is 0 Å². The number of benzene rings is 1. The Morgan fingerprint density at radius 1 is 1.35 bits per heavy atom. The van der Waals surface area contributed by atoms with Crippen LogP contribution in [0.4, 0.5) is 5.00 Å². The number of nitriles is 1. The maximum atomic E-state index is 11.9. The van der Waals surface area contributed by atoms with E-state index >= 15 is 0 Å². The number of hydrogen-bond donors (Lipinski definition) is 1. The maximum Gasteiger partial charge on any atom is 0.346 e. The Hall–Kier alpha value is -1.78. The summed E-state index contributed by atoms with van der Waals surface area (Å²) in [4.78, 5) is 14.1. The van der Waals surface area contributed by atoms with Crippen molar-refractivity contribution in [1.29, 1.82) is 5.26 Å². The van der Waals surface area contributed by atoms with Crippen LogP contribution in [0.1, 0.15) is 39.2 Å². The van der Waals surface area contributed by atoms with Gasteiger partial charge in [0.05, 0.1) is 28.8 Å². The molecule has 0 amide bonds. The van der Waals surface area contributed by atoms with Crippen LogP contribution in [0.25, 0.3) is 0 Å². The van der Waals surface area contributed by atoms with E-state index in [0.29, 0.717) is 52.5 Å². The van der Waals surface area contributed by atoms with Gasteiger partial charge in [-0.1, -0.05) is 36.2 Å². The molecule has 1 saturated heterocycles. The lowest BCUT2D eigenvalue weighted by molar-refractivity contribution is 0.0701. The largest absolute Gasteiger partial charge is 0.477 e. The molecule has 1 unspecified atom stereocenters.